The Morgan fingerprint density at radius 3 is 0.912 bits per heavy atom. The molecule has 0 aromatic heterocycles. The first kappa shape index (κ1) is 33.8. The van der Waals surface area contributed by atoms with E-state index in [0.29, 0.717) is 39.6 Å². The van der Waals surface area contributed by atoms with Crippen LogP contribution in [0.4, 0.5) is 0 Å². The normalized spacial score (nSPS) is 11.6. The van der Waals surface area contributed by atoms with Gasteiger partial charge in [-0.3, -0.25) is 0 Å². The molecule has 0 heterocycles. The topological polar surface area (TPSA) is 55.4 Å². The lowest BCUT2D eigenvalue weighted by atomic mass is 10.2. The fraction of sp³-hybridized carbons (Fsp3) is 1.00. The molecule has 0 aliphatic carbocycles. The van der Waals surface area contributed by atoms with E-state index in [2.05, 4.69) is 20.8 Å². The van der Waals surface area contributed by atoms with Crippen LogP contribution in [0.3, 0.4) is 0 Å². The van der Waals surface area contributed by atoms with Crippen LogP contribution in [0.1, 0.15) is 117 Å². The molecule has 0 aliphatic heterocycles. The fourth-order valence-electron chi connectivity index (χ4n) is 3.48. The second-order valence-corrected chi connectivity index (χ2v) is 8.98. The summed E-state index contributed by atoms with van der Waals surface area (Å²) in [5.41, 5.74) is 0. The van der Waals surface area contributed by atoms with Crippen LogP contribution in [-0.2, 0) is 28.4 Å². The lowest BCUT2D eigenvalue weighted by molar-refractivity contribution is -0.295. The summed E-state index contributed by atoms with van der Waals surface area (Å²) in [5.74, 6) is 0. The fourth-order valence-corrected chi connectivity index (χ4v) is 3.48. The van der Waals surface area contributed by atoms with E-state index in [-0.39, 0.29) is 0 Å². The molecule has 0 atom stereocenters. The Bertz CT molecular complexity index is 303. The van der Waals surface area contributed by atoms with Crippen molar-refractivity contribution in [2.24, 2.45) is 0 Å². The van der Waals surface area contributed by atoms with Gasteiger partial charge in [0.25, 0.3) is 6.48 Å². The molecule has 0 fully saturated rings. The van der Waals surface area contributed by atoms with Crippen LogP contribution in [0.15, 0.2) is 0 Å². The van der Waals surface area contributed by atoms with Crippen molar-refractivity contribution >= 4 is 0 Å². The van der Waals surface area contributed by atoms with Gasteiger partial charge in [-0.1, -0.05) is 97.8 Å². The molecule has 0 unspecified atom stereocenters. The summed E-state index contributed by atoms with van der Waals surface area (Å²) in [6.45, 7) is 11.4. The van der Waals surface area contributed by atoms with Crippen molar-refractivity contribution < 1.29 is 28.4 Å². The molecule has 0 aromatic carbocycles. The molecule has 0 aliphatic rings. The van der Waals surface area contributed by atoms with Gasteiger partial charge in [-0.2, -0.15) is 0 Å². The van der Waals surface area contributed by atoms with Crippen LogP contribution < -0.4 is 0 Å². The number of rotatable bonds is 30. The Labute approximate surface area is 211 Å². The maximum absolute atomic E-state index is 5.75. The zero-order valence-electron chi connectivity index (χ0n) is 23.0. The predicted octanol–water partition coefficient (Wildman–Crippen LogP) is 7.28. The zero-order chi connectivity index (χ0) is 24.8. The van der Waals surface area contributed by atoms with Gasteiger partial charge in [0.15, 0.2) is 0 Å². The van der Waals surface area contributed by atoms with Gasteiger partial charge in [0.05, 0.1) is 39.6 Å². The van der Waals surface area contributed by atoms with Gasteiger partial charge in [0.2, 0.25) is 0 Å². The van der Waals surface area contributed by atoms with Crippen LogP contribution in [0.5, 0.6) is 0 Å². The molecule has 0 amide bonds. The Morgan fingerprint density at radius 2 is 0.618 bits per heavy atom. The van der Waals surface area contributed by atoms with Crippen LogP contribution >= 0.6 is 0 Å². The molecule has 0 spiro atoms. The first-order valence-corrected chi connectivity index (χ1v) is 14.4. The van der Waals surface area contributed by atoms with Crippen LogP contribution in [-0.4, -0.2) is 65.9 Å². The van der Waals surface area contributed by atoms with Crippen molar-refractivity contribution in [1.29, 1.82) is 0 Å². The maximum Gasteiger partial charge on any atom is 0.271 e. The van der Waals surface area contributed by atoms with E-state index < -0.39 is 6.48 Å². The highest BCUT2D eigenvalue weighted by Crippen LogP contribution is 2.05. The van der Waals surface area contributed by atoms with Crippen LogP contribution in [0.25, 0.3) is 0 Å². The molecular weight excluding hydrogens is 432 g/mol. The van der Waals surface area contributed by atoms with E-state index in [1.807, 2.05) is 0 Å². The first-order valence-electron chi connectivity index (χ1n) is 14.4. The third kappa shape index (κ3) is 28.0. The average Bonchev–Trinajstić information content (AvgIpc) is 2.85. The van der Waals surface area contributed by atoms with E-state index in [4.69, 9.17) is 28.4 Å². The van der Waals surface area contributed by atoms with Gasteiger partial charge in [-0.05, 0) is 19.3 Å². The molecule has 0 radical (unpaired) electrons. The second kappa shape index (κ2) is 30.8. The quantitative estimate of drug-likeness (QED) is 0.0779. The third-order valence-electron chi connectivity index (χ3n) is 5.62. The SMILES string of the molecule is CCCCCCCOCCOC(OCCOCCCCCCC)OCCOCCCCCCC. The van der Waals surface area contributed by atoms with Gasteiger partial charge in [0, 0.05) is 19.8 Å². The highest BCUT2D eigenvalue weighted by Gasteiger charge is 2.10. The minimum atomic E-state index is -0.700. The van der Waals surface area contributed by atoms with Crippen molar-refractivity contribution in [3.05, 3.63) is 0 Å². The molecular formula is C28H58O6. The predicted molar refractivity (Wildman–Crippen MR) is 140 cm³/mol. The first-order chi connectivity index (χ1) is 16.8. The van der Waals surface area contributed by atoms with Gasteiger partial charge in [-0.15, -0.1) is 0 Å². The second-order valence-electron chi connectivity index (χ2n) is 8.98. The number of hydrogen-bond acceptors (Lipinski definition) is 6. The van der Waals surface area contributed by atoms with Gasteiger partial charge >= 0.3 is 0 Å². The Kier molecular flexibility index (Phi) is 30.6. The monoisotopic (exact) mass is 490 g/mol. The molecule has 0 bridgehead atoms. The zero-order valence-corrected chi connectivity index (χ0v) is 23.0. The number of unbranched alkanes of at least 4 members (excludes halogenated alkanes) is 12. The van der Waals surface area contributed by atoms with Gasteiger partial charge < -0.3 is 28.4 Å². The molecule has 0 rings (SSSR count). The Morgan fingerprint density at radius 1 is 0.324 bits per heavy atom. The molecule has 206 valence electrons. The van der Waals surface area contributed by atoms with Gasteiger partial charge in [0.1, 0.15) is 0 Å². The summed E-state index contributed by atoms with van der Waals surface area (Å²) in [6.07, 6.45) is 18.7. The summed E-state index contributed by atoms with van der Waals surface area (Å²) in [6, 6.07) is 0. The maximum atomic E-state index is 5.75. The summed E-state index contributed by atoms with van der Waals surface area (Å²) < 4.78 is 34.3. The lowest BCUT2D eigenvalue weighted by Crippen LogP contribution is -2.26. The number of ether oxygens (including phenoxy) is 6. The van der Waals surface area contributed by atoms with Crippen molar-refractivity contribution in [3.63, 3.8) is 0 Å². The highest BCUT2D eigenvalue weighted by atomic mass is 16.8. The minimum Gasteiger partial charge on any atom is -0.379 e. The van der Waals surface area contributed by atoms with E-state index in [1.54, 1.807) is 0 Å². The summed E-state index contributed by atoms with van der Waals surface area (Å²) in [4.78, 5) is 0. The molecule has 6 nitrogen and oxygen atoms in total. The smallest absolute Gasteiger partial charge is 0.271 e. The Balaban J connectivity index is 3.85. The van der Waals surface area contributed by atoms with E-state index in [0.717, 1.165) is 39.1 Å². The summed E-state index contributed by atoms with van der Waals surface area (Å²) in [7, 11) is 0. The van der Waals surface area contributed by atoms with Crippen molar-refractivity contribution in [3.8, 4) is 0 Å². The molecule has 6 heteroatoms. The molecule has 0 saturated carbocycles. The van der Waals surface area contributed by atoms with Crippen LogP contribution in [0, 0.1) is 0 Å². The van der Waals surface area contributed by atoms with Gasteiger partial charge in [-0.25, -0.2) is 0 Å². The standard InChI is InChI=1S/C28H58O6/c1-4-7-10-13-16-19-29-22-25-32-28(33-26-23-30-20-17-14-11-8-5-2)34-27-24-31-21-18-15-12-9-6-3/h28H,4-27H2,1-3H3. The average molecular weight is 491 g/mol. The molecule has 34 heavy (non-hydrogen) atoms. The Hall–Kier alpha value is -0.240. The summed E-state index contributed by atoms with van der Waals surface area (Å²) >= 11 is 0. The van der Waals surface area contributed by atoms with E-state index >= 15 is 0 Å². The van der Waals surface area contributed by atoms with E-state index in [9.17, 15) is 0 Å². The number of hydrogen-bond donors (Lipinski definition) is 0. The molecule has 0 saturated heterocycles. The van der Waals surface area contributed by atoms with Crippen molar-refractivity contribution in [2.75, 3.05) is 59.5 Å². The molecule has 0 N–H and O–H groups in total. The molecule has 0 aromatic rings. The van der Waals surface area contributed by atoms with Crippen molar-refractivity contribution in [1.82, 2.24) is 0 Å². The lowest BCUT2D eigenvalue weighted by Gasteiger charge is -2.19. The van der Waals surface area contributed by atoms with E-state index in [1.165, 1.54) is 77.0 Å². The van der Waals surface area contributed by atoms with Crippen molar-refractivity contribution in [2.45, 2.75) is 124 Å². The largest absolute Gasteiger partial charge is 0.379 e. The summed E-state index contributed by atoms with van der Waals surface area (Å²) in [5, 5.41) is 0. The minimum absolute atomic E-state index is 0.455. The third-order valence-corrected chi connectivity index (χ3v) is 5.62. The highest BCUT2D eigenvalue weighted by molar-refractivity contribution is 4.44. The van der Waals surface area contributed by atoms with Crippen LogP contribution in [0.2, 0.25) is 0 Å².